The fourth-order valence-corrected chi connectivity index (χ4v) is 4.29. The van der Waals surface area contributed by atoms with Gasteiger partial charge in [0.15, 0.2) is 5.72 Å². The molecule has 0 saturated carbocycles. The Balaban J connectivity index is 0.00000274. The van der Waals surface area contributed by atoms with E-state index in [-0.39, 0.29) is 40.2 Å². The van der Waals surface area contributed by atoms with Gasteiger partial charge in [0.25, 0.3) is 5.91 Å². The molecule has 4 aromatic rings. The first kappa shape index (κ1) is 23.5. The molecule has 0 spiro atoms. The number of imidazole rings is 1. The summed E-state index contributed by atoms with van der Waals surface area (Å²) >= 11 is 6.04. The maximum atomic E-state index is 14.2. The number of hydrogen-bond acceptors (Lipinski definition) is 4. The molecule has 0 aliphatic carbocycles. The summed E-state index contributed by atoms with van der Waals surface area (Å²) in [4.78, 5) is 33.8. The van der Waals surface area contributed by atoms with Crippen LogP contribution in [0.1, 0.15) is 21.5 Å². The third-order valence-electron chi connectivity index (χ3n) is 5.64. The Morgan fingerprint density at radius 1 is 1.18 bits per heavy atom. The second-order valence-electron chi connectivity index (χ2n) is 7.62. The number of anilines is 2. The van der Waals surface area contributed by atoms with E-state index in [2.05, 4.69) is 9.97 Å². The summed E-state index contributed by atoms with van der Waals surface area (Å²) < 4.78 is 14.2. The van der Waals surface area contributed by atoms with Crippen molar-refractivity contribution < 1.29 is 24.2 Å². The average molecular weight is 503 g/mol. The lowest BCUT2D eigenvalue weighted by atomic mass is 9.93. The Hall–Kier alpha value is -3.66. The third-order valence-corrected chi connectivity index (χ3v) is 5.86. The number of aromatic nitrogens is 2. The summed E-state index contributed by atoms with van der Waals surface area (Å²) in [6.45, 7) is 0. The smallest absolute Gasteiger partial charge is 0.413 e. The minimum absolute atomic E-state index is 0. The van der Waals surface area contributed by atoms with Gasteiger partial charge < -0.3 is 15.2 Å². The molecule has 0 fully saturated rings. The Bertz CT molecular complexity index is 1440. The van der Waals surface area contributed by atoms with Gasteiger partial charge in [-0.15, -0.1) is 12.4 Å². The molecule has 2 amide bonds. The average Bonchev–Trinajstić information content (AvgIpc) is 3.30. The van der Waals surface area contributed by atoms with E-state index >= 15 is 0 Å². The summed E-state index contributed by atoms with van der Waals surface area (Å²) in [6.07, 6.45) is -1.20. The number of benzene rings is 3. The number of aliphatic hydroxyl groups is 1. The number of rotatable bonds is 3. The van der Waals surface area contributed by atoms with Crippen molar-refractivity contribution >= 4 is 58.7 Å². The predicted molar refractivity (Wildman–Crippen MR) is 127 cm³/mol. The lowest BCUT2D eigenvalue weighted by Gasteiger charge is -2.35. The Kier molecular flexibility index (Phi) is 5.72. The van der Waals surface area contributed by atoms with Crippen molar-refractivity contribution in [1.82, 2.24) is 9.97 Å². The molecule has 8 nitrogen and oxygen atoms in total. The van der Waals surface area contributed by atoms with E-state index < -0.39 is 23.5 Å². The van der Waals surface area contributed by atoms with Gasteiger partial charge in [0.1, 0.15) is 5.82 Å². The van der Waals surface area contributed by atoms with E-state index in [0.29, 0.717) is 16.6 Å². The highest BCUT2D eigenvalue weighted by Crippen LogP contribution is 2.45. The number of hydrogen-bond donors (Lipinski definition) is 3. The van der Waals surface area contributed by atoms with Gasteiger partial charge in [0.05, 0.1) is 16.7 Å². The van der Waals surface area contributed by atoms with Crippen molar-refractivity contribution in [2.24, 2.45) is 0 Å². The zero-order chi connectivity index (χ0) is 23.5. The first-order valence-electron chi connectivity index (χ1n) is 9.79. The molecule has 1 aromatic heterocycles. The number of halogens is 3. The molecular formula is C23H17Cl2FN4O4. The largest absolute Gasteiger partial charge is 0.465 e. The van der Waals surface area contributed by atoms with Crippen molar-refractivity contribution in [1.29, 1.82) is 0 Å². The van der Waals surface area contributed by atoms with Crippen molar-refractivity contribution in [3.8, 4) is 0 Å². The molecule has 0 bridgehead atoms. The van der Waals surface area contributed by atoms with E-state index in [0.717, 1.165) is 21.9 Å². The SMILES string of the molecule is CN(C(=O)O)c1nc2cc(C3(O)c4ccccc4C(=O)N3c3cc(F)cc(Cl)c3)ccc2[nH]1.Cl. The number of nitrogens with one attached hydrogen (secondary N) is 1. The van der Waals surface area contributed by atoms with Gasteiger partial charge in [0.2, 0.25) is 5.95 Å². The third kappa shape index (κ3) is 3.45. The molecular weight excluding hydrogens is 486 g/mol. The minimum Gasteiger partial charge on any atom is -0.465 e. The number of fused-ring (bicyclic) bond motifs is 2. The second-order valence-corrected chi connectivity index (χ2v) is 8.06. The molecule has 1 unspecified atom stereocenters. The Labute approximate surface area is 203 Å². The molecule has 1 aliphatic heterocycles. The van der Waals surface area contributed by atoms with Gasteiger partial charge in [-0.05, 0) is 36.4 Å². The van der Waals surface area contributed by atoms with E-state index in [1.165, 1.54) is 13.1 Å². The number of nitrogens with zero attached hydrogens (tertiary/aromatic N) is 3. The van der Waals surface area contributed by atoms with Crippen LogP contribution in [0.4, 0.5) is 20.8 Å². The summed E-state index contributed by atoms with van der Waals surface area (Å²) in [5, 5.41) is 21.3. The predicted octanol–water partition coefficient (Wildman–Crippen LogP) is 4.75. The van der Waals surface area contributed by atoms with Crippen LogP contribution in [0.3, 0.4) is 0 Å². The van der Waals surface area contributed by atoms with E-state index in [1.807, 2.05) is 0 Å². The number of carbonyl (C=O) groups is 2. The van der Waals surface area contributed by atoms with Gasteiger partial charge in [-0.25, -0.2) is 14.2 Å². The second kappa shape index (κ2) is 8.28. The molecule has 3 N–H and O–H groups in total. The lowest BCUT2D eigenvalue weighted by Crippen LogP contribution is -2.45. The van der Waals surface area contributed by atoms with Gasteiger partial charge in [-0.1, -0.05) is 35.9 Å². The highest BCUT2D eigenvalue weighted by Gasteiger charge is 2.51. The lowest BCUT2D eigenvalue weighted by molar-refractivity contribution is 0.0704. The molecule has 1 atom stereocenters. The molecule has 1 aliphatic rings. The number of aromatic amines is 1. The zero-order valence-electron chi connectivity index (χ0n) is 17.5. The number of carbonyl (C=O) groups excluding carboxylic acids is 1. The molecule has 0 radical (unpaired) electrons. The van der Waals surface area contributed by atoms with Gasteiger partial charge in [0, 0.05) is 28.8 Å². The molecule has 0 saturated heterocycles. The maximum Gasteiger partial charge on any atom is 0.413 e. The van der Waals surface area contributed by atoms with Crippen LogP contribution in [-0.4, -0.2) is 39.2 Å². The van der Waals surface area contributed by atoms with Gasteiger partial charge >= 0.3 is 6.09 Å². The number of H-pyrrole nitrogens is 1. The quantitative estimate of drug-likeness (QED) is 0.374. The zero-order valence-corrected chi connectivity index (χ0v) is 19.1. The van der Waals surface area contributed by atoms with Crippen LogP contribution in [0, 0.1) is 5.82 Å². The van der Waals surface area contributed by atoms with E-state index in [4.69, 9.17) is 11.6 Å². The van der Waals surface area contributed by atoms with Crippen LogP contribution in [0.2, 0.25) is 5.02 Å². The molecule has 3 aromatic carbocycles. The highest BCUT2D eigenvalue weighted by molar-refractivity contribution is 6.31. The summed E-state index contributed by atoms with van der Waals surface area (Å²) in [6, 6.07) is 14.9. The van der Waals surface area contributed by atoms with Crippen molar-refractivity contribution in [3.63, 3.8) is 0 Å². The number of carboxylic acid groups (broad SMARTS) is 1. The molecule has 5 rings (SSSR count). The maximum absolute atomic E-state index is 14.2. The topological polar surface area (TPSA) is 110 Å². The fraction of sp³-hybridized carbons (Fsp3) is 0.0870. The van der Waals surface area contributed by atoms with Crippen molar-refractivity contribution in [3.05, 3.63) is 88.2 Å². The highest BCUT2D eigenvalue weighted by atomic mass is 35.5. The summed E-state index contributed by atoms with van der Waals surface area (Å²) in [5.74, 6) is -1.09. The van der Waals surface area contributed by atoms with Crippen LogP contribution < -0.4 is 9.80 Å². The molecule has 174 valence electrons. The van der Waals surface area contributed by atoms with E-state index in [9.17, 15) is 24.2 Å². The Morgan fingerprint density at radius 3 is 2.62 bits per heavy atom. The van der Waals surface area contributed by atoms with Gasteiger partial charge in [-0.3, -0.25) is 14.6 Å². The molecule has 2 heterocycles. The Morgan fingerprint density at radius 2 is 1.91 bits per heavy atom. The fourth-order valence-electron chi connectivity index (χ4n) is 4.08. The van der Waals surface area contributed by atoms with Crippen LogP contribution in [0.15, 0.2) is 60.7 Å². The molecule has 34 heavy (non-hydrogen) atoms. The van der Waals surface area contributed by atoms with E-state index in [1.54, 1.807) is 42.5 Å². The minimum atomic E-state index is -1.99. The van der Waals surface area contributed by atoms with Crippen LogP contribution >= 0.6 is 24.0 Å². The van der Waals surface area contributed by atoms with Crippen molar-refractivity contribution in [2.75, 3.05) is 16.8 Å². The van der Waals surface area contributed by atoms with Crippen LogP contribution in [-0.2, 0) is 5.72 Å². The normalized spacial score (nSPS) is 16.9. The van der Waals surface area contributed by atoms with Crippen LogP contribution in [0.25, 0.3) is 11.0 Å². The van der Waals surface area contributed by atoms with Crippen molar-refractivity contribution in [2.45, 2.75) is 5.72 Å². The first-order chi connectivity index (χ1) is 15.7. The monoisotopic (exact) mass is 502 g/mol. The number of amides is 2. The first-order valence-corrected chi connectivity index (χ1v) is 10.2. The molecule has 11 heteroatoms. The van der Waals surface area contributed by atoms with Crippen LogP contribution in [0.5, 0.6) is 0 Å². The summed E-state index contributed by atoms with van der Waals surface area (Å²) in [5.41, 5.74) is -0.151. The summed E-state index contributed by atoms with van der Waals surface area (Å²) in [7, 11) is 1.34. The standard InChI is InChI=1S/C23H16ClFN4O4.ClH/c1-28(22(31)32)21-26-18-7-6-12(8-19(18)27-21)23(33)17-5-3-2-4-16(17)20(30)29(23)15-10-13(24)9-14(25)11-15;/h2-11,33H,1H3,(H,26,27)(H,31,32);1H. The van der Waals surface area contributed by atoms with Gasteiger partial charge in [-0.2, -0.15) is 0 Å².